The Morgan fingerprint density at radius 3 is 2.33 bits per heavy atom. The first kappa shape index (κ1) is 20.5. The molecule has 0 aliphatic rings. The quantitative estimate of drug-likeness (QED) is 0.748. The Morgan fingerprint density at radius 1 is 1.15 bits per heavy atom. The van der Waals surface area contributed by atoms with Crippen molar-refractivity contribution in [3.8, 4) is 0 Å². The highest BCUT2D eigenvalue weighted by molar-refractivity contribution is 7.89. The van der Waals surface area contributed by atoms with E-state index in [1.54, 1.807) is 32.9 Å². The summed E-state index contributed by atoms with van der Waals surface area (Å²) in [7, 11) is -3.67. The Balaban J connectivity index is 2.30. The van der Waals surface area contributed by atoms with Crippen LogP contribution < -0.4 is 5.32 Å². The summed E-state index contributed by atoms with van der Waals surface area (Å²) in [5, 5.41) is 11.5. The number of nitrogens with zero attached hydrogens (tertiary/aromatic N) is 2. The van der Waals surface area contributed by atoms with Gasteiger partial charge in [0.05, 0.1) is 10.5 Å². The molecule has 27 heavy (non-hydrogen) atoms. The van der Waals surface area contributed by atoms with Crippen molar-refractivity contribution < 1.29 is 23.1 Å². The van der Waals surface area contributed by atoms with Crippen LogP contribution in [0.25, 0.3) is 0 Å². The number of rotatable bonds is 7. The van der Waals surface area contributed by atoms with E-state index < -0.39 is 21.9 Å². The summed E-state index contributed by atoms with van der Waals surface area (Å²) in [5.41, 5.74) is 0.884. The van der Waals surface area contributed by atoms with E-state index in [-0.39, 0.29) is 16.2 Å². The number of anilines is 1. The summed E-state index contributed by atoms with van der Waals surface area (Å²) in [4.78, 5) is 27.0. The average molecular weight is 391 g/mol. The van der Waals surface area contributed by atoms with E-state index in [9.17, 15) is 18.0 Å². The molecule has 2 rings (SSSR count). The minimum Gasteiger partial charge on any atom is -0.477 e. The van der Waals surface area contributed by atoms with Gasteiger partial charge in [-0.2, -0.15) is 4.31 Å². The monoisotopic (exact) mass is 391 g/mol. The number of carbonyl (C=O) groups excluding carboxylic acids is 1. The van der Waals surface area contributed by atoms with Gasteiger partial charge in [-0.1, -0.05) is 19.9 Å². The van der Waals surface area contributed by atoms with Gasteiger partial charge < -0.3 is 10.4 Å². The largest absolute Gasteiger partial charge is 0.477 e. The molecule has 9 heteroatoms. The fourth-order valence-electron chi connectivity index (χ4n) is 2.52. The van der Waals surface area contributed by atoms with Gasteiger partial charge in [-0.05, 0) is 36.8 Å². The first-order chi connectivity index (χ1) is 12.7. The number of pyridine rings is 1. The molecule has 0 atom stereocenters. The number of sulfonamides is 1. The van der Waals surface area contributed by atoms with Crippen LogP contribution in [-0.2, 0) is 10.0 Å². The number of carbonyl (C=O) groups is 2. The lowest BCUT2D eigenvalue weighted by molar-refractivity contribution is 0.0690. The number of aryl methyl sites for hydroxylation is 1. The lowest BCUT2D eigenvalue weighted by Crippen LogP contribution is -2.31. The van der Waals surface area contributed by atoms with Gasteiger partial charge in [0, 0.05) is 25.0 Å². The molecule has 0 unspecified atom stereocenters. The van der Waals surface area contributed by atoms with Gasteiger partial charge in [-0.25, -0.2) is 18.2 Å². The van der Waals surface area contributed by atoms with Crippen LogP contribution in [-0.4, -0.2) is 47.8 Å². The van der Waals surface area contributed by atoms with Crippen LogP contribution >= 0.6 is 0 Å². The van der Waals surface area contributed by atoms with Crippen molar-refractivity contribution in [2.24, 2.45) is 0 Å². The number of aromatic carboxylic acids is 1. The van der Waals surface area contributed by atoms with E-state index in [0.717, 1.165) is 6.20 Å². The second-order valence-corrected chi connectivity index (χ2v) is 7.67. The molecule has 0 saturated heterocycles. The number of hydrogen-bond acceptors (Lipinski definition) is 5. The Hall–Kier alpha value is -2.78. The van der Waals surface area contributed by atoms with E-state index in [1.165, 1.54) is 22.5 Å². The molecule has 0 spiro atoms. The maximum atomic E-state index is 12.8. The summed E-state index contributed by atoms with van der Waals surface area (Å²) < 4.78 is 26.9. The third kappa shape index (κ3) is 4.50. The predicted octanol–water partition coefficient (Wildman–Crippen LogP) is 2.37. The van der Waals surface area contributed by atoms with E-state index >= 15 is 0 Å². The molecule has 0 saturated carbocycles. The molecule has 2 aromatic rings. The number of benzene rings is 1. The third-order valence-electron chi connectivity index (χ3n) is 4.01. The maximum Gasteiger partial charge on any atom is 0.354 e. The zero-order chi connectivity index (χ0) is 20.2. The van der Waals surface area contributed by atoms with Crippen LogP contribution in [0.2, 0.25) is 0 Å². The topological polar surface area (TPSA) is 117 Å². The zero-order valence-electron chi connectivity index (χ0n) is 15.3. The van der Waals surface area contributed by atoms with Gasteiger partial charge in [0.2, 0.25) is 10.0 Å². The van der Waals surface area contributed by atoms with Gasteiger partial charge in [0.1, 0.15) is 5.69 Å². The predicted molar refractivity (Wildman–Crippen MR) is 100 cm³/mol. The summed E-state index contributed by atoms with van der Waals surface area (Å²) in [6.45, 7) is 5.90. The molecule has 1 aromatic carbocycles. The van der Waals surface area contributed by atoms with Gasteiger partial charge in [-0.3, -0.25) is 4.79 Å². The summed E-state index contributed by atoms with van der Waals surface area (Å²) >= 11 is 0. The van der Waals surface area contributed by atoms with Crippen LogP contribution in [0.3, 0.4) is 0 Å². The Morgan fingerprint density at radius 2 is 1.81 bits per heavy atom. The normalized spacial score (nSPS) is 11.4. The van der Waals surface area contributed by atoms with Crippen LogP contribution in [0.15, 0.2) is 41.4 Å². The van der Waals surface area contributed by atoms with Crippen molar-refractivity contribution in [3.63, 3.8) is 0 Å². The highest BCUT2D eigenvalue weighted by atomic mass is 32.2. The van der Waals surface area contributed by atoms with Gasteiger partial charge >= 0.3 is 5.97 Å². The van der Waals surface area contributed by atoms with Gasteiger partial charge in [-0.15, -0.1) is 0 Å². The average Bonchev–Trinajstić information content (AvgIpc) is 2.64. The molecule has 0 aliphatic heterocycles. The third-order valence-corrected chi connectivity index (χ3v) is 6.21. The van der Waals surface area contributed by atoms with Gasteiger partial charge in [0.15, 0.2) is 0 Å². The SMILES string of the molecule is CCN(CC)S(=O)(=O)c1cc(NC(=O)c2ccc(C(=O)O)nc2)ccc1C. The fourth-order valence-corrected chi connectivity index (χ4v) is 4.23. The number of amides is 1. The molecule has 0 fully saturated rings. The summed E-state index contributed by atoms with van der Waals surface area (Å²) in [6, 6.07) is 7.21. The standard InChI is InChI=1S/C18H21N3O5S/c1-4-21(5-2)27(25,26)16-10-14(8-6-12(16)3)20-17(22)13-7-9-15(18(23)24)19-11-13/h6-11H,4-5H2,1-3H3,(H,20,22)(H,23,24). The molecule has 0 bridgehead atoms. The van der Waals surface area contributed by atoms with E-state index in [4.69, 9.17) is 5.11 Å². The van der Waals surface area contributed by atoms with Gasteiger partial charge in [0.25, 0.3) is 5.91 Å². The molecule has 1 heterocycles. The number of carboxylic acid groups (broad SMARTS) is 1. The van der Waals surface area contributed by atoms with E-state index in [0.29, 0.717) is 24.3 Å². The highest BCUT2D eigenvalue weighted by Gasteiger charge is 2.24. The van der Waals surface area contributed by atoms with Crippen molar-refractivity contribution in [3.05, 3.63) is 53.3 Å². The van der Waals surface area contributed by atoms with Crippen LogP contribution in [0, 0.1) is 6.92 Å². The summed E-state index contributed by atoms with van der Waals surface area (Å²) in [5.74, 6) is -1.71. The Labute approximate surface area is 157 Å². The van der Waals surface area contributed by atoms with Crippen molar-refractivity contribution in [1.29, 1.82) is 0 Å². The van der Waals surface area contributed by atoms with E-state index in [2.05, 4.69) is 10.3 Å². The number of hydrogen-bond donors (Lipinski definition) is 2. The van der Waals surface area contributed by atoms with E-state index in [1.807, 2.05) is 0 Å². The second-order valence-electron chi connectivity index (χ2n) is 5.76. The first-order valence-corrected chi connectivity index (χ1v) is 9.76. The number of nitrogens with one attached hydrogen (secondary N) is 1. The zero-order valence-corrected chi connectivity index (χ0v) is 16.1. The van der Waals surface area contributed by atoms with Crippen molar-refractivity contribution >= 4 is 27.6 Å². The Bertz CT molecular complexity index is 951. The second kappa shape index (κ2) is 8.28. The smallest absolute Gasteiger partial charge is 0.354 e. The molecule has 1 aromatic heterocycles. The Kier molecular flexibility index (Phi) is 6.29. The van der Waals surface area contributed by atoms with Crippen LogP contribution in [0.4, 0.5) is 5.69 Å². The maximum absolute atomic E-state index is 12.8. The first-order valence-electron chi connectivity index (χ1n) is 8.32. The molecule has 8 nitrogen and oxygen atoms in total. The minimum absolute atomic E-state index is 0.128. The molecule has 1 amide bonds. The molecule has 0 aliphatic carbocycles. The molecular formula is C18H21N3O5S. The van der Waals surface area contributed by atoms with Crippen molar-refractivity contribution in [2.45, 2.75) is 25.7 Å². The van der Waals surface area contributed by atoms with Crippen molar-refractivity contribution in [1.82, 2.24) is 9.29 Å². The molecular weight excluding hydrogens is 370 g/mol. The minimum atomic E-state index is -3.67. The van der Waals surface area contributed by atoms with Crippen molar-refractivity contribution in [2.75, 3.05) is 18.4 Å². The molecule has 0 radical (unpaired) electrons. The summed E-state index contributed by atoms with van der Waals surface area (Å²) in [6.07, 6.45) is 1.15. The highest BCUT2D eigenvalue weighted by Crippen LogP contribution is 2.24. The molecule has 144 valence electrons. The number of aromatic nitrogens is 1. The molecule has 2 N–H and O–H groups in total. The fraction of sp³-hybridized carbons (Fsp3) is 0.278. The lowest BCUT2D eigenvalue weighted by atomic mass is 10.2. The van der Waals surface area contributed by atoms with Crippen LogP contribution in [0.5, 0.6) is 0 Å². The van der Waals surface area contributed by atoms with Crippen LogP contribution in [0.1, 0.15) is 40.3 Å². The lowest BCUT2D eigenvalue weighted by Gasteiger charge is -2.20. The number of carboxylic acids is 1.